The third-order valence-electron chi connectivity index (χ3n) is 3.28. The molecule has 1 atom stereocenters. The van der Waals surface area contributed by atoms with Crippen LogP contribution in [0.25, 0.3) is 0 Å². The van der Waals surface area contributed by atoms with Crippen LogP contribution in [0.15, 0.2) is 18.3 Å². The van der Waals surface area contributed by atoms with Gasteiger partial charge in [-0.3, -0.25) is 4.90 Å². The molecule has 4 heteroatoms. The molecule has 1 aliphatic rings. The third kappa shape index (κ3) is 2.73. The Morgan fingerprint density at radius 3 is 2.69 bits per heavy atom. The minimum atomic E-state index is -0.119. The summed E-state index contributed by atoms with van der Waals surface area (Å²) in [7, 11) is 0. The number of pyridine rings is 1. The highest BCUT2D eigenvalue weighted by Gasteiger charge is 2.22. The lowest BCUT2D eigenvalue weighted by Gasteiger charge is -2.34. The van der Waals surface area contributed by atoms with E-state index in [9.17, 15) is 5.11 Å². The molecule has 88 valence electrons. The van der Waals surface area contributed by atoms with Crippen molar-refractivity contribution in [2.45, 2.75) is 31.9 Å². The van der Waals surface area contributed by atoms with E-state index in [4.69, 9.17) is 11.6 Å². The van der Waals surface area contributed by atoms with Crippen LogP contribution in [0.2, 0.25) is 5.15 Å². The summed E-state index contributed by atoms with van der Waals surface area (Å²) in [6, 6.07) is 4.19. The molecule has 3 nitrogen and oxygen atoms in total. The first kappa shape index (κ1) is 11.8. The SMILES string of the molecule is CC(c1ccc(Cl)nc1)N1CCC(O)CC1. The van der Waals surface area contributed by atoms with Gasteiger partial charge in [0.2, 0.25) is 0 Å². The zero-order chi connectivity index (χ0) is 11.5. The number of rotatable bonds is 2. The van der Waals surface area contributed by atoms with Gasteiger partial charge in [-0.15, -0.1) is 0 Å². The molecule has 2 rings (SSSR count). The van der Waals surface area contributed by atoms with E-state index in [1.54, 1.807) is 0 Å². The molecule has 1 saturated heterocycles. The number of aromatic nitrogens is 1. The molecule has 0 aromatic carbocycles. The van der Waals surface area contributed by atoms with Gasteiger partial charge in [-0.1, -0.05) is 17.7 Å². The zero-order valence-corrected chi connectivity index (χ0v) is 10.2. The number of aliphatic hydroxyl groups is 1. The van der Waals surface area contributed by atoms with Gasteiger partial charge in [0, 0.05) is 25.3 Å². The van der Waals surface area contributed by atoms with Crippen molar-refractivity contribution in [1.29, 1.82) is 0 Å². The number of hydrogen-bond acceptors (Lipinski definition) is 3. The van der Waals surface area contributed by atoms with Crippen molar-refractivity contribution < 1.29 is 5.11 Å². The van der Waals surface area contributed by atoms with Crippen LogP contribution in [0.3, 0.4) is 0 Å². The molecule has 1 aliphatic heterocycles. The summed E-state index contributed by atoms with van der Waals surface area (Å²) in [4.78, 5) is 6.47. The Labute approximate surface area is 101 Å². The molecule has 1 fully saturated rings. The quantitative estimate of drug-likeness (QED) is 0.806. The maximum atomic E-state index is 9.46. The standard InChI is InChI=1S/C12H17ClN2O/c1-9(10-2-3-12(13)14-8-10)15-6-4-11(16)5-7-15/h2-3,8-9,11,16H,4-7H2,1H3. The lowest BCUT2D eigenvalue weighted by molar-refractivity contribution is 0.0644. The summed E-state index contributed by atoms with van der Waals surface area (Å²) in [5.74, 6) is 0. The van der Waals surface area contributed by atoms with E-state index in [1.165, 1.54) is 5.56 Å². The number of aliphatic hydroxyl groups excluding tert-OH is 1. The molecule has 0 radical (unpaired) electrons. The minimum absolute atomic E-state index is 0.119. The lowest BCUT2D eigenvalue weighted by atomic mass is 10.0. The van der Waals surface area contributed by atoms with Crippen molar-refractivity contribution in [3.05, 3.63) is 29.0 Å². The average molecular weight is 241 g/mol. The Kier molecular flexibility index (Phi) is 3.79. The first-order valence-electron chi connectivity index (χ1n) is 5.70. The van der Waals surface area contributed by atoms with Crippen molar-refractivity contribution in [1.82, 2.24) is 9.88 Å². The van der Waals surface area contributed by atoms with Gasteiger partial charge < -0.3 is 5.11 Å². The second-order valence-electron chi connectivity index (χ2n) is 4.36. The molecule has 0 bridgehead atoms. The number of likely N-dealkylation sites (tertiary alicyclic amines) is 1. The van der Waals surface area contributed by atoms with Crippen LogP contribution in [-0.4, -0.2) is 34.2 Å². The first-order chi connectivity index (χ1) is 7.66. The highest BCUT2D eigenvalue weighted by molar-refractivity contribution is 6.29. The molecule has 0 aliphatic carbocycles. The van der Waals surface area contributed by atoms with Crippen molar-refractivity contribution >= 4 is 11.6 Å². The van der Waals surface area contributed by atoms with Crippen molar-refractivity contribution in [2.24, 2.45) is 0 Å². The van der Waals surface area contributed by atoms with Gasteiger partial charge >= 0.3 is 0 Å². The van der Waals surface area contributed by atoms with Crippen LogP contribution in [-0.2, 0) is 0 Å². The summed E-state index contributed by atoms with van der Waals surface area (Å²) >= 11 is 5.76. The Bertz CT molecular complexity index is 333. The monoisotopic (exact) mass is 240 g/mol. The second kappa shape index (κ2) is 5.13. The summed E-state index contributed by atoms with van der Waals surface area (Å²) in [6.07, 6.45) is 3.45. The highest BCUT2D eigenvalue weighted by Crippen LogP contribution is 2.24. The minimum Gasteiger partial charge on any atom is -0.393 e. The number of hydrogen-bond donors (Lipinski definition) is 1. The summed E-state index contributed by atoms with van der Waals surface area (Å²) in [6.45, 7) is 4.07. The predicted molar refractivity (Wildman–Crippen MR) is 64.5 cm³/mol. The fourth-order valence-electron chi connectivity index (χ4n) is 2.12. The molecule has 1 aromatic rings. The number of halogens is 1. The van der Waals surface area contributed by atoms with Crippen LogP contribution in [0.4, 0.5) is 0 Å². The van der Waals surface area contributed by atoms with Gasteiger partial charge in [-0.2, -0.15) is 0 Å². The molecule has 2 heterocycles. The van der Waals surface area contributed by atoms with Crippen LogP contribution >= 0.6 is 11.6 Å². The first-order valence-corrected chi connectivity index (χ1v) is 6.08. The maximum Gasteiger partial charge on any atom is 0.129 e. The van der Waals surface area contributed by atoms with Crippen molar-refractivity contribution in [3.8, 4) is 0 Å². The maximum absolute atomic E-state index is 9.46. The zero-order valence-electron chi connectivity index (χ0n) is 9.43. The summed E-state index contributed by atoms with van der Waals surface area (Å²) in [5, 5.41) is 9.99. The van der Waals surface area contributed by atoms with E-state index >= 15 is 0 Å². The third-order valence-corrected chi connectivity index (χ3v) is 3.50. The van der Waals surface area contributed by atoms with Crippen LogP contribution in [0, 0.1) is 0 Å². The predicted octanol–water partition coefficient (Wildman–Crippen LogP) is 2.25. The average Bonchev–Trinajstić information content (AvgIpc) is 2.30. The molecule has 1 N–H and O–H groups in total. The van der Waals surface area contributed by atoms with E-state index in [2.05, 4.69) is 16.8 Å². The Morgan fingerprint density at radius 2 is 2.12 bits per heavy atom. The van der Waals surface area contributed by atoms with Crippen LogP contribution in [0.1, 0.15) is 31.4 Å². The Balaban J connectivity index is 2.01. The van der Waals surface area contributed by atoms with Crippen LogP contribution in [0.5, 0.6) is 0 Å². The van der Waals surface area contributed by atoms with Crippen LogP contribution < -0.4 is 0 Å². The normalized spacial score (nSPS) is 20.9. The Hall–Kier alpha value is -0.640. The van der Waals surface area contributed by atoms with E-state index in [-0.39, 0.29) is 6.10 Å². The van der Waals surface area contributed by atoms with Gasteiger partial charge in [0.25, 0.3) is 0 Å². The van der Waals surface area contributed by atoms with Gasteiger partial charge in [0.15, 0.2) is 0 Å². The number of piperidine rings is 1. The fourth-order valence-corrected chi connectivity index (χ4v) is 2.23. The van der Waals surface area contributed by atoms with Gasteiger partial charge in [-0.05, 0) is 31.4 Å². The highest BCUT2D eigenvalue weighted by atomic mass is 35.5. The molecule has 0 saturated carbocycles. The largest absolute Gasteiger partial charge is 0.393 e. The van der Waals surface area contributed by atoms with Gasteiger partial charge in [-0.25, -0.2) is 4.98 Å². The van der Waals surface area contributed by atoms with Crippen molar-refractivity contribution in [2.75, 3.05) is 13.1 Å². The van der Waals surface area contributed by atoms with E-state index in [1.807, 2.05) is 18.3 Å². The van der Waals surface area contributed by atoms with Gasteiger partial charge in [0.1, 0.15) is 5.15 Å². The summed E-state index contributed by atoms with van der Waals surface area (Å²) in [5.41, 5.74) is 1.18. The molecular formula is C12H17ClN2O. The second-order valence-corrected chi connectivity index (χ2v) is 4.74. The number of nitrogens with zero attached hydrogens (tertiary/aromatic N) is 2. The Morgan fingerprint density at radius 1 is 1.44 bits per heavy atom. The van der Waals surface area contributed by atoms with E-state index in [0.717, 1.165) is 25.9 Å². The van der Waals surface area contributed by atoms with Gasteiger partial charge in [0.05, 0.1) is 6.10 Å². The molecule has 0 amide bonds. The smallest absolute Gasteiger partial charge is 0.129 e. The topological polar surface area (TPSA) is 36.4 Å². The molecular weight excluding hydrogens is 224 g/mol. The molecule has 16 heavy (non-hydrogen) atoms. The lowest BCUT2D eigenvalue weighted by Crippen LogP contribution is -2.37. The van der Waals surface area contributed by atoms with Crippen molar-refractivity contribution in [3.63, 3.8) is 0 Å². The molecule has 0 spiro atoms. The fraction of sp³-hybridized carbons (Fsp3) is 0.583. The van der Waals surface area contributed by atoms with E-state index in [0.29, 0.717) is 11.2 Å². The summed E-state index contributed by atoms with van der Waals surface area (Å²) < 4.78 is 0. The van der Waals surface area contributed by atoms with E-state index < -0.39 is 0 Å². The molecule has 1 aromatic heterocycles. The molecule has 1 unspecified atom stereocenters.